The van der Waals surface area contributed by atoms with Crippen LogP contribution in [0.15, 0.2) is 30.5 Å². The zero-order valence-electron chi connectivity index (χ0n) is 15.2. The molecule has 2 atom stereocenters. The molecule has 1 aliphatic rings. The summed E-state index contributed by atoms with van der Waals surface area (Å²) >= 11 is 1.57. The summed E-state index contributed by atoms with van der Waals surface area (Å²) in [5.41, 5.74) is 1.86. The van der Waals surface area contributed by atoms with Crippen LogP contribution in [0.5, 0.6) is 0 Å². The van der Waals surface area contributed by atoms with Crippen LogP contribution in [0.25, 0.3) is 0 Å². The van der Waals surface area contributed by atoms with Gasteiger partial charge in [0.2, 0.25) is 5.91 Å². The number of aliphatic hydroxyl groups is 1. The molecule has 0 bridgehead atoms. The Morgan fingerprint density at radius 2 is 2.15 bits per heavy atom. The van der Waals surface area contributed by atoms with E-state index in [1.807, 2.05) is 36.1 Å². The van der Waals surface area contributed by atoms with Crippen LogP contribution in [0.3, 0.4) is 0 Å². The van der Waals surface area contributed by atoms with E-state index >= 15 is 0 Å². The second kappa shape index (κ2) is 10.6. The van der Waals surface area contributed by atoms with Gasteiger partial charge in [0.05, 0.1) is 6.10 Å². The van der Waals surface area contributed by atoms with Crippen molar-refractivity contribution in [1.29, 1.82) is 0 Å². The largest absolute Gasteiger partial charge is 0.388 e. The molecule has 2 aromatic rings. The molecule has 26 heavy (non-hydrogen) atoms. The zero-order valence-corrected chi connectivity index (χ0v) is 18.9. The summed E-state index contributed by atoms with van der Waals surface area (Å²) in [4.78, 5) is 18.8. The maximum Gasteiger partial charge on any atom is 0.227 e. The molecule has 0 spiro atoms. The van der Waals surface area contributed by atoms with Gasteiger partial charge in [-0.15, -0.1) is 0 Å². The van der Waals surface area contributed by atoms with Gasteiger partial charge >= 0.3 is 0 Å². The average Bonchev–Trinajstić information content (AvgIpc) is 3.15. The first-order valence-corrected chi connectivity index (χ1v) is 9.91. The fourth-order valence-electron chi connectivity index (χ4n) is 3.49. The molecule has 1 N–H and O–H groups in total. The number of anilines is 1. The third-order valence-electron chi connectivity index (χ3n) is 4.87. The van der Waals surface area contributed by atoms with Crippen molar-refractivity contribution in [1.82, 2.24) is 4.98 Å². The normalized spacial score (nSPS) is 18.5. The summed E-state index contributed by atoms with van der Waals surface area (Å²) in [6.45, 7) is 1.96. The number of rotatable bonds is 7. The van der Waals surface area contributed by atoms with Gasteiger partial charge in [-0.05, 0) is 43.4 Å². The zero-order chi connectivity index (χ0) is 17.6. The molecule has 1 aromatic carbocycles. The number of aromatic nitrogens is 1. The minimum absolute atomic E-state index is 0. The number of aryl methyl sites for hydroxylation is 1. The average molecular weight is 446 g/mol. The van der Waals surface area contributed by atoms with E-state index in [1.165, 1.54) is 0 Å². The third-order valence-corrected chi connectivity index (χ3v) is 5.64. The van der Waals surface area contributed by atoms with E-state index in [-0.39, 0.29) is 44.7 Å². The summed E-state index contributed by atoms with van der Waals surface area (Å²) in [7, 11) is 0. The van der Waals surface area contributed by atoms with Crippen molar-refractivity contribution in [3.8, 4) is 0 Å². The van der Waals surface area contributed by atoms with Gasteiger partial charge in [-0.3, -0.25) is 4.79 Å². The van der Waals surface area contributed by atoms with E-state index in [9.17, 15) is 9.90 Å². The van der Waals surface area contributed by atoms with E-state index in [0.717, 1.165) is 48.4 Å². The van der Waals surface area contributed by atoms with Crippen molar-refractivity contribution in [3.05, 3.63) is 46.4 Å². The van der Waals surface area contributed by atoms with E-state index in [2.05, 4.69) is 10.4 Å². The van der Waals surface area contributed by atoms with Gasteiger partial charge in [0.15, 0.2) is 0 Å². The Labute approximate surface area is 184 Å². The van der Waals surface area contributed by atoms with E-state index in [0.29, 0.717) is 12.8 Å². The number of carbonyl (C=O) groups excluding carboxylic acids is 1. The van der Waals surface area contributed by atoms with Crippen molar-refractivity contribution >= 4 is 22.9 Å². The fourth-order valence-corrected chi connectivity index (χ4v) is 4.08. The van der Waals surface area contributed by atoms with Crippen LogP contribution in [0.4, 0.5) is 5.69 Å². The third kappa shape index (κ3) is 5.45. The van der Waals surface area contributed by atoms with Crippen LogP contribution < -0.4 is 4.90 Å². The van der Waals surface area contributed by atoms with Gasteiger partial charge in [-0.1, -0.05) is 43.1 Å². The van der Waals surface area contributed by atoms with Crippen molar-refractivity contribution in [2.75, 3.05) is 4.90 Å². The molecule has 4 nitrogen and oxygen atoms in total. The molecular weight excluding hydrogens is 421 g/mol. The summed E-state index contributed by atoms with van der Waals surface area (Å²) in [6, 6.07) is 8.08. The number of piperidine rings is 1. The molecule has 0 saturated carbocycles. The molecule has 3 rings (SSSR count). The Balaban J connectivity index is 0.00000243. The molecule has 137 valence electrons. The number of hydrogen-bond acceptors (Lipinski definition) is 4. The predicted octanol–water partition coefficient (Wildman–Crippen LogP) is 4.29. The Hall–Kier alpha value is -0.616. The van der Waals surface area contributed by atoms with Gasteiger partial charge < -0.3 is 26.3 Å². The number of thiazole rings is 1. The number of amides is 1. The molecule has 1 radical (unpaired) electrons. The number of nitrogens with zero attached hydrogens (tertiary/aromatic N) is 2. The summed E-state index contributed by atoms with van der Waals surface area (Å²) in [5, 5.41) is 14.1. The van der Waals surface area contributed by atoms with Gasteiger partial charge in [0, 0.05) is 50.9 Å². The first-order valence-electron chi connectivity index (χ1n) is 9.10. The molecule has 1 aromatic heterocycles. The predicted molar refractivity (Wildman–Crippen MR) is 101 cm³/mol. The Morgan fingerprint density at radius 1 is 1.38 bits per heavy atom. The molecule has 1 saturated heterocycles. The molecule has 2 heterocycles. The Morgan fingerprint density at radius 3 is 2.81 bits per heavy atom. The monoisotopic (exact) mass is 446 g/mol. The van der Waals surface area contributed by atoms with Crippen molar-refractivity contribution in [3.63, 3.8) is 0 Å². The summed E-state index contributed by atoms with van der Waals surface area (Å²) in [6.07, 6.45) is 7.60. The van der Waals surface area contributed by atoms with Gasteiger partial charge in [-0.25, -0.2) is 0 Å². The van der Waals surface area contributed by atoms with Gasteiger partial charge in [0.1, 0.15) is 0 Å². The van der Waals surface area contributed by atoms with Crippen LogP contribution in [0, 0.1) is 5.38 Å². The molecule has 1 amide bonds. The first-order chi connectivity index (χ1) is 12.2. The molecule has 6 heteroatoms. The minimum Gasteiger partial charge on any atom is -0.388 e. The molecule has 2 unspecified atom stereocenters. The Bertz CT molecular complexity index is 676. The molecule has 1 aliphatic heterocycles. The summed E-state index contributed by atoms with van der Waals surface area (Å²) < 4.78 is 0. The SMILES string of the molecule is CCC(O)c1ccc(N2C(=O)CCCC2CCCc2nc[c-]s2)cc1.[Y]. The minimum atomic E-state index is -0.433. The quantitative estimate of drug-likeness (QED) is 0.646. The van der Waals surface area contributed by atoms with Crippen molar-refractivity contribution in [2.45, 2.75) is 64.0 Å². The van der Waals surface area contributed by atoms with E-state index < -0.39 is 6.10 Å². The van der Waals surface area contributed by atoms with Crippen LogP contribution in [-0.4, -0.2) is 22.0 Å². The maximum absolute atomic E-state index is 12.5. The Kier molecular flexibility index (Phi) is 8.88. The topological polar surface area (TPSA) is 53.4 Å². The van der Waals surface area contributed by atoms with Crippen LogP contribution in [0.2, 0.25) is 0 Å². The van der Waals surface area contributed by atoms with Crippen LogP contribution >= 0.6 is 11.3 Å². The smallest absolute Gasteiger partial charge is 0.227 e. The first kappa shape index (κ1) is 21.7. The fraction of sp³-hybridized carbons (Fsp3) is 0.500. The molecular formula is C20H25N2O2SY-. The second-order valence-corrected chi connectivity index (χ2v) is 7.50. The standard InChI is InChI=1S/C20H25N2O2S.Y/c1-2-18(23)15-9-11-17(12-10-15)22-16(6-4-8-20(22)24)5-3-7-19-21-13-14-25-19;/h9-13,16,18,23H,2-8H2,1H3;/q-1;. The second-order valence-electron chi connectivity index (χ2n) is 6.59. The van der Waals surface area contributed by atoms with Crippen molar-refractivity contribution < 1.29 is 42.6 Å². The van der Waals surface area contributed by atoms with Gasteiger partial charge in [0.25, 0.3) is 0 Å². The van der Waals surface area contributed by atoms with E-state index in [1.54, 1.807) is 17.5 Å². The number of benzene rings is 1. The van der Waals surface area contributed by atoms with Crippen molar-refractivity contribution in [2.24, 2.45) is 0 Å². The number of aliphatic hydroxyl groups excluding tert-OH is 1. The summed E-state index contributed by atoms with van der Waals surface area (Å²) in [5.74, 6) is 0.211. The molecule has 0 aliphatic carbocycles. The van der Waals surface area contributed by atoms with Gasteiger partial charge in [-0.2, -0.15) is 5.38 Å². The van der Waals surface area contributed by atoms with Crippen LogP contribution in [-0.2, 0) is 43.9 Å². The number of hydrogen-bond donors (Lipinski definition) is 1. The number of carbonyl (C=O) groups is 1. The van der Waals surface area contributed by atoms with E-state index in [4.69, 9.17) is 0 Å². The molecule has 1 fully saturated rings. The maximum atomic E-state index is 12.5. The van der Waals surface area contributed by atoms with Crippen LogP contribution in [0.1, 0.15) is 62.1 Å².